The molecule has 0 fully saturated rings. The van der Waals surface area contributed by atoms with E-state index in [-0.39, 0.29) is 499 Å². The van der Waals surface area contributed by atoms with Crippen molar-refractivity contribution in [2.75, 3.05) is 6.61 Å². The number of hydrogen-bond donors (Lipinski definition) is 7. The summed E-state index contributed by atoms with van der Waals surface area (Å²) in [5.41, 5.74) is 0.501. The number of fused-ring (bicyclic) bond motifs is 2. The van der Waals surface area contributed by atoms with Crippen LogP contribution in [0.1, 0.15) is 11.1 Å². The molecule has 0 spiro atoms. The summed E-state index contributed by atoms with van der Waals surface area (Å²) in [6.45, 7) is 2.01. The number of nitrogens with one attached hydrogen (secondary N) is 2. The minimum atomic E-state index is -5.24. The maximum atomic E-state index is 12.3. The van der Waals surface area contributed by atoms with Crippen LogP contribution in [-0.2, 0) is 30.0 Å². The van der Waals surface area contributed by atoms with Crippen LogP contribution in [-0.4, -0.2) is 80.8 Å². The van der Waals surface area contributed by atoms with Gasteiger partial charge >= 0.3 is 27.0 Å². The Hall–Kier alpha value is 11.7. The summed E-state index contributed by atoms with van der Waals surface area (Å²) in [6.07, 6.45) is -5.78. The molecule has 26 N–H and O–H groups in total. The number of rotatable bonds is 9. The van der Waals surface area contributed by atoms with Crippen LogP contribution in [0.3, 0.4) is 0 Å². The summed E-state index contributed by atoms with van der Waals surface area (Å²) >= 11 is 0. The number of nitrogens with zero attached hydrogens (tertiary/aromatic N) is 2. The molecule has 2 aromatic heterocycles. The van der Waals surface area contributed by atoms with Crippen LogP contribution in [0, 0.1) is 454 Å². The minimum Gasteiger partial charge on any atom is -0.693 e. The fourth-order valence-corrected chi connectivity index (χ4v) is 4.92. The van der Waals surface area contributed by atoms with E-state index >= 15 is 0 Å². The van der Waals surface area contributed by atoms with E-state index in [1.807, 2.05) is 11.9 Å². The molecular formula is C17H41Ac10N9O15P2-2. The number of phosphoric acid groups is 1. The van der Waals surface area contributed by atoms with E-state index < -0.39 is 58.4 Å². The molecule has 2 unspecified atom stereocenters. The second kappa shape index (κ2) is 53.1. The van der Waals surface area contributed by atoms with E-state index in [1.54, 1.807) is 19.1 Å². The molecule has 36 heteroatoms. The first-order chi connectivity index (χ1) is 16.1. The third kappa shape index (κ3) is 38.2. The molecule has 0 saturated carbocycles. The molecule has 2 heterocycles. The first-order valence-electron chi connectivity index (χ1n) is 9.86. The van der Waals surface area contributed by atoms with E-state index in [1.165, 1.54) is 4.57 Å². The number of aromatic nitrogens is 4. The number of benzene rings is 1. The van der Waals surface area contributed by atoms with Gasteiger partial charge in [0.1, 0.15) is 30.4 Å². The number of aryl methyl sites for hydroxylation is 2. The fourth-order valence-electron chi connectivity index (χ4n) is 3.27. The second-order valence-electron chi connectivity index (χ2n) is 7.74. The normalized spacial score (nSPS) is 12.0. The van der Waals surface area contributed by atoms with Crippen molar-refractivity contribution >= 4 is 37.8 Å². The fraction of sp³-hybridized carbons (Fsp3) is 0.412. The van der Waals surface area contributed by atoms with E-state index in [0.717, 1.165) is 11.1 Å². The Morgan fingerprint density at radius 3 is 1.62 bits per heavy atom. The van der Waals surface area contributed by atoms with Crippen molar-refractivity contribution < 1.29 is 510 Å². The molecule has 10 radical (unpaired) electrons. The van der Waals surface area contributed by atoms with Crippen molar-refractivity contribution in [2.45, 2.75) is 38.7 Å². The van der Waals surface area contributed by atoms with Crippen LogP contribution in [0.4, 0.5) is 0 Å². The Morgan fingerprint density at radius 2 is 1.21 bits per heavy atom. The van der Waals surface area contributed by atoms with E-state index in [4.69, 9.17) is 9.79 Å². The van der Waals surface area contributed by atoms with Crippen molar-refractivity contribution in [3.8, 4) is 0 Å². The topological polar surface area (TPSA) is 523 Å². The van der Waals surface area contributed by atoms with Gasteiger partial charge in [-0.05, 0) is 37.1 Å². The Bertz CT molecular complexity index is 1540. The largest absolute Gasteiger partial charge is 0.693 e. The minimum absolute atomic E-state index is 0. The van der Waals surface area contributed by atoms with Crippen molar-refractivity contribution in [1.29, 1.82) is 0 Å². The van der Waals surface area contributed by atoms with Gasteiger partial charge in [0.25, 0.3) is 5.56 Å². The molecule has 24 nitrogen and oxygen atoms in total. The molecule has 1 aromatic carbocycles. The Kier molecular flexibility index (Phi) is 111. The maximum Gasteiger partial charge on any atom is 0.640 e. The molecule has 3 aromatic rings. The smallest absolute Gasteiger partial charge is 0.640 e. The summed E-state index contributed by atoms with van der Waals surface area (Å²) in [5, 5.41) is 31.0. The predicted octanol–water partition coefficient (Wildman–Crippen LogP) is -1.28. The SMILES string of the molecule is Cc1cc2nc3c(=O)[nH]c(=O)[nH]c3[n+](C[C@H](O)[C@H](O)[C@H](O)COP(=O)(O)OP(=O)(O)[OH2+])c2cc1C.O.O.[Ac].[Ac].[Ac].[Ac].[Ac].[Ac].[Ac].[Ac].[Ac].[Ac].[NH2-].[NH2-].[NH2-].[NH2-].[NH2-].[OH3+]. The third-order valence-electron chi connectivity index (χ3n) is 5.06. The van der Waals surface area contributed by atoms with Gasteiger partial charge in [0.2, 0.25) is 5.52 Å². The first-order valence-corrected chi connectivity index (χ1v) is 12.9. The van der Waals surface area contributed by atoms with Crippen molar-refractivity contribution in [2.24, 2.45) is 0 Å². The Labute approximate surface area is 663 Å². The predicted molar refractivity (Wildman–Crippen MR) is 157 cm³/mol. The Balaban J connectivity index is -0.0000000543. The van der Waals surface area contributed by atoms with Crippen molar-refractivity contribution in [1.82, 2.24) is 15.0 Å². The van der Waals surface area contributed by atoms with Crippen LogP contribution in [0.25, 0.3) is 53.0 Å². The molecule has 0 saturated heterocycles. The molecule has 286 valence electrons. The number of H-pyrrole nitrogens is 2. The molecule has 0 aliphatic carbocycles. The zero-order chi connectivity index (χ0) is 26.3. The van der Waals surface area contributed by atoms with Crippen LogP contribution in [0.2, 0.25) is 0 Å². The standard InChI is InChI=1S/C17H22N4O12P2.10Ac.5H2N.3H2O/c1-7-3-9-10(4-8(7)2)21(15-13(18-9)16(25)20-17(26)19-15)5-11(22)14(24)12(23)6-32-35(30,31)33-34(27,28)29;;;;;;;;;;;;;;;;;;/h3-4,11-12,14,22-24H,5-6H2,1-2H3,(H4,20,25,26,27,28,29,30,31);;;;;;;;;;;8*1H2/q;;;;;;;;;;;5*-1;;;/p+3/t11-,12+,14-;;;;;;;;;;;;;;;;;;/m0................../s1. The number of aliphatic hydroxyl groups is 3. The summed E-state index contributed by atoms with van der Waals surface area (Å²) in [7, 11) is -10.4. The zero-order valence-electron chi connectivity index (χ0n) is 28.5. The number of aliphatic hydroxyl groups excluding tert-OH is 3. The Morgan fingerprint density at radius 1 is 0.792 bits per heavy atom. The number of hydrogen-bond acceptors (Lipinski definition) is 10. The van der Waals surface area contributed by atoms with Crippen LogP contribution < -0.4 is 15.8 Å². The van der Waals surface area contributed by atoms with E-state index in [9.17, 15) is 38.9 Å². The molecule has 0 aliphatic rings. The summed E-state index contributed by atoms with van der Waals surface area (Å²) in [5.74, 6) is 0. The van der Waals surface area contributed by atoms with Gasteiger partial charge < -0.3 is 72.3 Å². The monoisotopic (exact) mass is 2940 g/mol. The second-order valence-corrected chi connectivity index (χ2v) is 10.6. The average Bonchev–Trinajstić information content (AvgIpc) is 2.71. The van der Waals surface area contributed by atoms with Gasteiger partial charge in [0.05, 0.1) is 6.61 Å². The van der Waals surface area contributed by atoms with Gasteiger partial charge in [-0.3, -0.25) is 19.2 Å². The molecular weight excluding hydrogens is 2900 g/mol. The summed E-state index contributed by atoms with van der Waals surface area (Å²) in [4.78, 5) is 57.6. The number of aromatic amines is 2. The van der Waals surface area contributed by atoms with Crippen molar-refractivity contribution in [3.05, 3.63) is 74.9 Å². The van der Waals surface area contributed by atoms with Crippen LogP contribution in [0.15, 0.2) is 21.7 Å². The van der Waals surface area contributed by atoms with E-state index in [2.05, 4.69) is 18.8 Å². The quantitative estimate of drug-likeness (QED) is 0.0571. The zero-order valence-corrected chi connectivity index (χ0v) is 77.8. The number of phosphoric ester groups is 1. The van der Waals surface area contributed by atoms with Gasteiger partial charge in [-0.25, -0.2) is 18.9 Å². The molecule has 53 heavy (non-hydrogen) atoms. The van der Waals surface area contributed by atoms with Gasteiger partial charge in [0.15, 0.2) is 5.52 Å². The third-order valence-corrected chi connectivity index (χ3v) is 7.25. The van der Waals surface area contributed by atoms with Crippen molar-refractivity contribution in [3.63, 3.8) is 0 Å². The molecule has 0 amide bonds. The summed E-state index contributed by atoms with van der Waals surface area (Å²) < 4.78 is 31.7. The summed E-state index contributed by atoms with van der Waals surface area (Å²) in [6, 6.07) is 3.37. The van der Waals surface area contributed by atoms with Gasteiger partial charge in [0, 0.05) is 441 Å². The number of nitrogens with two attached hydrogens (primary N) is 5. The molecule has 0 bridgehead atoms. The first kappa shape index (κ1) is 111. The molecule has 3 rings (SSSR count). The van der Waals surface area contributed by atoms with Crippen LogP contribution in [0.5, 0.6) is 0 Å². The molecule has 5 atom stereocenters. The van der Waals surface area contributed by atoms with Gasteiger partial charge in [-0.1, -0.05) is 0 Å². The van der Waals surface area contributed by atoms with Crippen LogP contribution >= 0.6 is 15.6 Å². The average molecular weight is 2940 g/mol. The molecule has 0 aliphatic heterocycles. The van der Waals surface area contributed by atoms with E-state index in [0.29, 0.717) is 11.0 Å². The van der Waals surface area contributed by atoms with Gasteiger partial charge in [-0.2, -0.15) is 9.55 Å². The van der Waals surface area contributed by atoms with Gasteiger partial charge in [-0.15, -0.1) is 4.31 Å². The maximum absolute atomic E-state index is 12.3.